The second kappa shape index (κ2) is 42.4. The number of carbonyl (C=O) groups excluding carboxylic acids is 1. The Hall–Kier alpha value is -1.94. The van der Waals surface area contributed by atoms with Crippen LogP contribution >= 0.6 is 0 Å². The van der Waals surface area contributed by atoms with Crippen LogP contribution in [-0.4, -0.2) is 97.5 Å². The van der Waals surface area contributed by atoms with Crippen molar-refractivity contribution < 1.29 is 56.2 Å². The van der Waals surface area contributed by atoms with Gasteiger partial charge in [0.2, 0.25) is 0 Å². The van der Waals surface area contributed by atoms with E-state index in [1.807, 2.05) is 0 Å². The molecular formula is C51H92O12S. The van der Waals surface area contributed by atoms with Crippen molar-refractivity contribution in [3.8, 4) is 0 Å². The first kappa shape index (κ1) is 60.1. The highest BCUT2D eigenvalue weighted by Gasteiger charge is 2.48. The zero-order valence-electron chi connectivity index (χ0n) is 40.1. The predicted molar refractivity (Wildman–Crippen MR) is 257 cm³/mol. The molecule has 1 fully saturated rings. The molecule has 0 saturated carbocycles. The molecule has 0 aromatic heterocycles. The molecule has 4 N–H and O–H groups in total. The molecule has 1 heterocycles. The molecule has 1 aliphatic rings. The van der Waals surface area contributed by atoms with Crippen LogP contribution in [0.15, 0.2) is 48.6 Å². The molecule has 0 amide bonds. The van der Waals surface area contributed by atoms with Crippen molar-refractivity contribution >= 4 is 16.4 Å². The molecule has 13 heteroatoms. The van der Waals surface area contributed by atoms with E-state index in [1.165, 1.54) is 116 Å². The van der Waals surface area contributed by atoms with Crippen molar-refractivity contribution in [1.82, 2.24) is 0 Å². The molecule has 64 heavy (non-hydrogen) atoms. The minimum absolute atomic E-state index is 0.0282. The molecule has 0 aliphatic carbocycles. The number of rotatable bonds is 44. The van der Waals surface area contributed by atoms with Crippen LogP contribution in [0.2, 0.25) is 0 Å². The van der Waals surface area contributed by atoms with Gasteiger partial charge in [-0.1, -0.05) is 172 Å². The topological polar surface area (TPSA) is 178 Å². The van der Waals surface area contributed by atoms with Crippen LogP contribution in [-0.2, 0) is 38.3 Å². The van der Waals surface area contributed by atoms with Gasteiger partial charge in [0.05, 0.1) is 19.8 Å². The zero-order valence-corrected chi connectivity index (χ0v) is 40.9. The van der Waals surface area contributed by atoms with Crippen LogP contribution in [0, 0.1) is 0 Å². The van der Waals surface area contributed by atoms with Crippen LogP contribution in [0.4, 0.5) is 0 Å². The molecule has 6 atom stereocenters. The molecule has 0 bridgehead atoms. The largest absolute Gasteiger partial charge is 0.457 e. The van der Waals surface area contributed by atoms with E-state index >= 15 is 0 Å². The molecule has 0 aromatic rings. The summed E-state index contributed by atoms with van der Waals surface area (Å²) in [5, 5.41) is 30.7. The van der Waals surface area contributed by atoms with Gasteiger partial charge in [-0.05, 0) is 77.0 Å². The maximum absolute atomic E-state index is 12.9. The fourth-order valence-electron chi connectivity index (χ4n) is 7.56. The molecule has 12 nitrogen and oxygen atoms in total. The lowest BCUT2D eigenvalue weighted by Gasteiger charge is -2.41. The van der Waals surface area contributed by atoms with Gasteiger partial charge >= 0.3 is 16.4 Å². The molecule has 374 valence electrons. The Labute approximate surface area is 389 Å². The summed E-state index contributed by atoms with van der Waals surface area (Å²) in [6.45, 7) is 3.95. The summed E-state index contributed by atoms with van der Waals surface area (Å²) in [5.74, 6) is -0.409. The lowest BCUT2D eigenvalue weighted by molar-refractivity contribution is -0.301. The molecule has 0 radical (unpaired) electrons. The van der Waals surface area contributed by atoms with E-state index in [2.05, 4.69) is 66.6 Å². The second-order valence-corrected chi connectivity index (χ2v) is 18.4. The summed E-state index contributed by atoms with van der Waals surface area (Å²) in [6.07, 6.45) is 42.8. The van der Waals surface area contributed by atoms with Crippen molar-refractivity contribution in [3.63, 3.8) is 0 Å². The molecule has 0 spiro atoms. The Bertz CT molecular complexity index is 1300. The van der Waals surface area contributed by atoms with E-state index in [4.69, 9.17) is 18.9 Å². The van der Waals surface area contributed by atoms with Gasteiger partial charge in [0.15, 0.2) is 6.29 Å². The van der Waals surface area contributed by atoms with Crippen molar-refractivity contribution in [1.29, 1.82) is 0 Å². The average molecular weight is 929 g/mol. The maximum Gasteiger partial charge on any atom is 0.397 e. The smallest absolute Gasteiger partial charge is 0.397 e. The van der Waals surface area contributed by atoms with Crippen molar-refractivity contribution in [3.05, 3.63) is 48.6 Å². The van der Waals surface area contributed by atoms with Gasteiger partial charge in [-0.25, -0.2) is 4.18 Å². The maximum atomic E-state index is 12.9. The van der Waals surface area contributed by atoms with Crippen molar-refractivity contribution in [2.75, 3.05) is 26.4 Å². The van der Waals surface area contributed by atoms with Gasteiger partial charge in [0.25, 0.3) is 0 Å². The van der Waals surface area contributed by atoms with Crippen molar-refractivity contribution in [2.45, 2.75) is 243 Å². The lowest BCUT2D eigenvalue weighted by Crippen LogP contribution is -2.60. The highest BCUT2D eigenvalue weighted by molar-refractivity contribution is 7.80. The summed E-state index contributed by atoms with van der Waals surface area (Å²) in [5.41, 5.74) is 0. The Morgan fingerprint density at radius 3 is 1.53 bits per heavy atom. The van der Waals surface area contributed by atoms with E-state index in [0.29, 0.717) is 13.0 Å². The van der Waals surface area contributed by atoms with E-state index in [9.17, 15) is 33.1 Å². The number of esters is 1. The summed E-state index contributed by atoms with van der Waals surface area (Å²) in [7, 11) is -5.07. The average Bonchev–Trinajstić information content (AvgIpc) is 3.27. The first-order valence-electron chi connectivity index (χ1n) is 25.4. The summed E-state index contributed by atoms with van der Waals surface area (Å²) in [6, 6.07) is 0. The molecule has 1 aliphatic heterocycles. The number of aliphatic hydroxyl groups is 3. The third-order valence-electron chi connectivity index (χ3n) is 11.4. The highest BCUT2D eigenvalue weighted by Crippen LogP contribution is 2.26. The first-order valence-corrected chi connectivity index (χ1v) is 26.8. The number of carbonyl (C=O) groups is 1. The Balaban J connectivity index is 2.36. The van der Waals surface area contributed by atoms with Gasteiger partial charge in [0, 0.05) is 13.0 Å². The van der Waals surface area contributed by atoms with Crippen LogP contribution in [0.3, 0.4) is 0 Å². The van der Waals surface area contributed by atoms with E-state index < -0.39 is 59.8 Å². The summed E-state index contributed by atoms with van der Waals surface area (Å²) < 4.78 is 59.2. The summed E-state index contributed by atoms with van der Waals surface area (Å²) in [4.78, 5) is 12.9. The van der Waals surface area contributed by atoms with Crippen molar-refractivity contribution in [2.24, 2.45) is 0 Å². The summed E-state index contributed by atoms with van der Waals surface area (Å²) >= 11 is 0. The quantitative estimate of drug-likeness (QED) is 0.0197. The third kappa shape index (κ3) is 35.3. The minimum atomic E-state index is -5.07. The van der Waals surface area contributed by atoms with Gasteiger partial charge < -0.3 is 34.3 Å². The van der Waals surface area contributed by atoms with E-state index in [1.54, 1.807) is 0 Å². The molecule has 6 unspecified atom stereocenters. The lowest BCUT2D eigenvalue weighted by atomic mass is 9.99. The Kier molecular flexibility index (Phi) is 39.8. The number of hydrogen-bond donors (Lipinski definition) is 4. The fraction of sp³-hybridized carbons (Fsp3) is 0.824. The van der Waals surface area contributed by atoms with Gasteiger partial charge in [-0.3, -0.25) is 9.35 Å². The number of ether oxygens (including phenoxy) is 4. The first-order chi connectivity index (χ1) is 31.1. The predicted octanol–water partition coefficient (Wildman–Crippen LogP) is 11.5. The number of allylic oxidation sites excluding steroid dienone is 8. The van der Waals surface area contributed by atoms with Crippen LogP contribution in [0.5, 0.6) is 0 Å². The van der Waals surface area contributed by atoms with Crippen LogP contribution in [0.1, 0.15) is 206 Å². The normalized spacial score (nSPS) is 20.1. The Morgan fingerprint density at radius 1 is 0.594 bits per heavy atom. The monoisotopic (exact) mass is 929 g/mol. The van der Waals surface area contributed by atoms with Crippen LogP contribution in [0.25, 0.3) is 0 Å². The van der Waals surface area contributed by atoms with E-state index in [-0.39, 0.29) is 19.6 Å². The van der Waals surface area contributed by atoms with Gasteiger partial charge in [-0.15, -0.1) is 0 Å². The van der Waals surface area contributed by atoms with E-state index in [0.717, 1.165) is 64.2 Å². The third-order valence-corrected chi connectivity index (χ3v) is 11.9. The Morgan fingerprint density at radius 2 is 1.03 bits per heavy atom. The molecule has 1 saturated heterocycles. The minimum Gasteiger partial charge on any atom is -0.457 e. The number of hydrogen-bond acceptors (Lipinski definition) is 11. The SMILES string of the molecule is CCCCCC/C=C\CCCCCCCCOCC(COC1OC(CO)C(O)C(OS(=O)(=O)O)C1O)OC(=O)CCCCCCCCCC/C=C\C/C=C\C/C=C\CCCCCCC. The fourth-order valence-corrected chi connectivity index (χ4v) is 8.07. The number of unbranched alkanes of at least 4 members (excludes halogenated alkanes) is 23. The van der Waals surface area contributed by atoms with Crippen LogP contribution < -0.4 is 0 Å². The second-order valence-electron chi connectivity index (χ2n) is 17.4. The molecule has 0 aromatic carbocycles. The highest BCUT2D eigenvalue weighted by atomic mass is 32.3. The standard InChI is InChI=1S/C51H92O12S/c1-3-5-7-9-11-13-15-17-19-20-21-22-23-24-25-26-27-28-30-32-34-36-38-40-47(53)61-45(43-59-41-39-37-35-33-31-29-18-16-14-12-10-8-6-4-2)44-60-51-49(55)50(63-64(56,57)58)48(54)46(42-52)62-51/h14-17,20-21,23-24,45-46,48-52,54-55H,3-13,18-19,22,25-44H2,1-2H3,(H,56,57,58)/b16-14-,17-15-,21-20-,24-23-. The zero-order chi connectivity index (χ0) is 46.8. The molecule has 1 rings (SSSR count). The number of aliphatic hydroxyl groups excluding tert-OH is 3. The molecular weight excluding hydrogens is 837 g/mol. The van der Waals surface area contributed by atoms with Gasteiger partial charge in [-0.2, -0.15) is 8.42 Å². The van der Waals surface area contributed by atoms with Gasteiger partial charge in [0.1, 0.15) is 30.5 Å².